The Morgan fingerprint density at radius 3 is 2.91 bits per heavy atom. The van der Waals surface area contributed by atoms with Crippen LogP contribution in [0.5, 0.6) is 0 Å². The molecule has 4 N–H and O–H groups in total. The van der Waals surface area contributed by atoms with E-state index in [2.05, 4.69) is 20.5 Å². The Morgan fingerprint density at radius 1 is 1.59 bits per heavy atom. The van der Waals surface area contributed by atoms with E-state index in [0.29, 0.717) is 5.16 Å². The molecule has 11 heteroatoms. The summed E-state index contributed by atoms with van der Waals surface area (Å²) < 4.78 is 0. The number of H-pyrrole nitrogens is 1. The Hall–Kier alpha value is -2.33. The topological polar surface area (TPSA) is 140 Å². The van der Waals surface area contributed by atoms with Gasteiger partial charge in [-0.1, -0.05) is 23.4 Å². The molecule has 0 aliphatic heterocycles. The number of anilines is 2. The van der Waals surface area contributed by atoms with Crippen molar-refractivity contribution in [1.29, 1.82) is 0 Å². The zero-order chi connectivity index (χ0) is 16.3. The first kappa shape index (κ1) is 16.0. The minimum atomic E-state index is -0.569. The summed E-state index contributed by atoms with van der Waals surface area (Å²) in [5.74, 6) is -0.243. The summed E-state index contributed by atoms with van der Waals surface area (Å²) in [6.45, 7) is 1.64. The van der Waals surface area contributed by atoms with Crippen molar-refractivity contribution in [2.24, 2.45) is 0 Å². The highest BCUT2D eigenvalue weighted by atomic mass is 35.5. The molecular weight excluding hydrogens is 332 g/mol. The van der Waals surface area contributed by atoms with Crippen molar-refractivity contribution < 1.29 is 9.72 Å². The lowest BCUT2D eigenvalue weighted by molar-refractivity contribution is -0.384. The molecule has 2 aromatic rings. The molecule has 0 saturated carbocycles. The fourth-order valence-electron chi connectivity index (χ4n) is 1.48. The first-order valence-electron chi connectivity index (χ1n) is 5.96. The van der Waals surface area contributed by atoms with Crippen molar-refractivity contribution in [2.45, 2.75) is 17.3 Å². The number of nitrogen functional groups attached to an aromatic ring is 1. The zero-order valence-corrected chi connectivity index (χ0v) is 12.8. The quantitative estimate of drug-likeness (QED) is 0.429. The number of halogens is 1. The molecule has 1 aromatic heterocycles. The van der Waals surface area contributed by atoms with Crippen LogP contribution in [0.3, 0.4) is 0 Å². The van der Waals surface area contributed by atoms with Crippen LogP contribution in [0.25, 0.3) is 0 Å². The molecular formula is C11H11ClN6O3S. The second-order valence-corrected chi connectivity index (χ2v) is 5.89. The molecule has 1 heterocycles. The number of nitrogens with zero attached hydrogens (tertiary/aromatic N) is 3. The number of hydrogen-bond donors (Lipinski definition) is 3. The SMILES string of the molecule is CC(Sc1n[nH]c(N)n1)C(=O)Nc1cc([N+](=O)[O-])ccc1Cl. The Bertz CT molecular complexity index is 722. The number of rotatable bonds is 5. The summed E-state index contributed by atoms with van der Waals surface area (Å²) in [4.78, 5) is 26.1. The van der Waals surface area contributed by atoms with E-state index < -0.39 is 16.1 Å². The van der Waals surface area contributed by atoms with Crippen molar-refractivity contribution in [2.75, 3.05) is 11.1 Å². The molecule has 1 unspecified atom stereocenters. The number of benzene rings is 1. The number of amides is 1. The van der Waals surface area contributed by atoms with E-state index in [1.165, 1.54) is 18.2 Å². The molecule has 2 rings (SSSR count). The molecule has 116 valence electrons. The minimum absolute atomic E-state index is 0.150. The lowest BCUT2D eigenvalue weighted by atomic mass is 10.2. The summed E-state index contributed by atoms with van der Waals surface area (Å²) in [6, 6.07) is 3.80. The normalized spacial score (nSPS) is 11.9. The third-order valence-corrected chi connectivity index (χ3v) is 3.84. The lowest BCUT2D eigenvalue weighted by Crippen LogP contribution is -2.22. The third-order valence-electron chi connectivity index (χ3n) is 2.55. The number of carbonyl (C=O) groups excluding carboxylic acids is 1. The molecule has 0 aliphatic rings. The first-order chi connectivity index (χ1) is 10.4. The van der Waals surface area contributed by atoms with Gasteiger partial charge in [-0.15, -0.1) is 5.10 Å². The molecule has 0 aliphatic carbocycles. The number of nitrogens with one attached hydrogen (secondary N) is 2. The number of non-ortho nitro benzene ring substituents is 1. The van der Waals surface area contributed by atoms with Gasteiger partial charge in [0.2, 0.25) is 17.0 Å². The highest BCUT2D eigenvalue weighted by Crippen LogP contribution is 2.28. The summed E-state index contributed by atoms with van der Waals surface area (Å²) in [7, 11) is 0. The predicted molar refractivity (Wildman–Crippen MR) is 82.9 cm³/mol. The average molecular weight is 343 g/mol. The van der Waals surface area contributed by atoms with Gasteiger partial charge in [-0.2, -0.15) is 4.98 Å². The molecule has 1 atom stereocenters. The predicted octanol–water partition coefficient (Wildman–Crippen LogP) is 2.07. The average Bonchev–Trinajstić information content (AvgIpc) is 2.86. The standard InChI is InChI=1S/C11H11ClN6O3S/c1-5(22-11-15-10(13)16-17-11)9(19)14-8-4-6(18(20)21)2-3-7(8)12/h2-5H,1H3,(H,14,19)(H3,13,15,16,17). The van der Waals surface area contributed by atoms with Gasteiger partial charge in [-0.05, 0) is 13.0 Å². The minimum Gasteiger partial charge on any atom is -0.368 e. The van der Waals surface area contributed by atoms with Crippen molar-refractivity contribution in [1.82, 2.24) is 15.2 Å². The number of carbonyl (C=O) groups is 1. The van der Waals surface area contributed by atoms with Gasteiger partial charge in [0.25, 0.3) is 5.69 Å². The van der Waals surface area contributed by atoms with E-state index in [4.69, 9.17) is 17.3 Å². The van der Waals surface area contributed by atoms with E-state index in [-0.39, 0.29) is 22.3 Å². The summed E-state index contributed by atoms with van der Waals surface area (Å²) in [5, 5.41) is 19.5. The maximum absolute atomic E-state index is 12.1. The Morgan fingerprint density at radius 2 is 2.32 bits per heavy atom. The van der Waals surface area contributed by atoms with E-state index in [1.807, 2.05) is 0 Å². The molecule has 0 fully saturated rings. The van der Waals surface area contributed by atoms with Crippen LogP contribution in [0.2, 0.25) is 5.02 Å². The molecule has 22 heavy (non-hydrogen) atoms. The molecule has 0 saturated heterocycles. The van der Waals surface area contributed by atoms with Gasteiger partial charge in [-0.3, -0.25) is 14.9 Å². The van der Waals surface area contributed by atoms with E-state index in [0.717, 1.165) is 11.8 Å². The molecule has 0 bridgehead atoms. The molecule has 0 spiro atoms. The number of nitro benzene ring substituents is 1. The molecule has 1 amide bonds. The second kappa shape index (κ2) is 6.62. The van der Waals surface area contributed by atoms with E-state index in [1.54, 1.807) is 6.92 Å². The van der Waals surface area contributed by atoms with Crippen molar-refractivity contribution in [3.05, 3.63) is 33.3 Å². The van der Waals surface area contributed by atoms with Crippen LogP contribution in [0.15, 0.2) is 23.4 Å². The number of hydrogen-bond acceptors (Lipinski definition) is 7. The van der Waals surface area contributed by atoms with Gasteiger partial charge in [0.1, 0.15) is 0 Å². The van der Waals surface area contributed by atoms with Gasteiger partial charge in [0.15, 0.2) is 0 Å². The maximum atomic E-state index is 12.1. The van der Waals surface area contributed by atoms with Crippen LogP contribution in [-0.4, -0.2) is 31.3 Å². The number of thioether (sulfide) groups is 1. The number of nitro groups is 1. The first-order valence-corrected chi connectivity index (χ1v) is 7.22. The van der Waals surface area contributed by atoms with Crippen LogP contribution in [0.1, 0.15) is 6.92 Å². The smallest absolute Gasteiger partial charge is 0.271 e. The van der Waals surface area contributed by atoms with Crippen LogP contribution in [-0.2, 0) is 4.79 Å². The highest BCUT2D eigenvalue weighted by Gasteiger charge is 2.19. The van der Waals surface area contributed by atoms with E-state index >= 15 is 0 Å². The van der Waals surface area contributed by atoms with Gasteiger partial charge >= 0.3 is 0 Å². The Labute approximate surface area is 133 Å². The molecule has 9 nitrogen and oxygen atoms in total. The molecule has 0 radical (unpaired) electrons. The van der Waals surface area contributed by atoms with Crippen LogP contribution < -0.4 is 11.1 Å². The van der Waals surface area contributed by atoms with Gasteiger partial charge in [0, 0.05) is 12.1 Å². The summed E-state index contributed by atoms with van der Waals surface area (Å²) >= 11 is 7.01. The zero-order valence-electron chi connectivity index (χ0n) is 11.2. The van der Waals surface area contributed by atoms with Gasteiger partial charge < -0.3 is 11.1 Å². The Balaban J connectivity index is 2.07. The fourth-order valence-corrected chi connectivity index (χ4v) is 2.38. The fraction of sp³-hybridized carbons (Fsp3) is 0.182. The lowest BCUT2D eigenvalue weighted by Gasteiger charge is -2.11. The van der Waals surface area contributed by atoms with Crippen LogP contribution >= 0.6 is 23.4 Å². The van der Waals surface area contributed by atoms with Crippen molar-refractivity contribution in [3.63, 3.8) is 0 Å². The second-order valence-electron chi connectivity index (χ2n) is 4.17. The van der Waals surface area contributed by atoms with Crippen molar-refractivity contribution in [3.8, 4) is 0 Å². The number of nitrogens with two attached hydrogens (primary N) is 1. The number of aromatic nitrogens is 3. The maximum Gasteiger partial charge on any atom is 0.271 e. The molecule has 1 aromatic carbocycles. The van der Waals surface area contributed by atoms with Crippen LogP contribution in [0, 0.1) is 10.1 Å². The number of aromatic amines is 1. The van der Waals surface area contributed by atoms with Crippen LogP contribution in [0.4, 0.5) is 17.3 Å². The van der Waals surface area contributed by atoms with E-state index in [9.17, 15) is 14.9 Å². The van der Waals surface area contributed by atoms with Crippen molar-refractivity contribution >= 4 is 46.6 Å². The largest absolute Gasteiger partial charge is 0.368 e. The van der Waals surface area contributed by atoms with Gasteiger partial charge in [-0.25, -0.2) is 5.10 Å². The summed E-state index contributed by atoms with van der Waals surface area (Å²) in [5.41, 5.74) is 5.40. The van der Waals surface area contributed by atoms with Gasteiger partial charge in [0.05, 0.1) is 20.9 Å². The Kier molecular flexibility index (Phi) is 4.83. The highest BCUT2D eigenvalue weighted by molar-refractivity contribution is 8.00. The monoisotopic (exact) mass is 342 g/mol. The third kappa shape index (κ3) is 3.86. The summed E-state index contributed by atoms with van der Waals surface area (Å²) in [6.07, 6.45) is 0.